The van der Waals surface area contributed by atoms with E-state index in [0.29, 0.717) is 18.2 Å². The Labute approximate surface area is 95.0 Å². The number of carbonyl (C=O) groups is 1. The molecule has 4 nitrogen and oxygen atoms in total. The van der Waals surface area contributed by atoms with Crippen LogP contribution in [0, 0.1) is 5.92 Å². The van der Waals surface area contributed by atoms with E-state index in [-0.39, 0.29) is 17.9 Å². The summed E-state index contributed by atoms with van der Waals surface area (Å²) < 4.78 is 4.85. The van der Waals surface area contributed by atoms with Crippen molar-refractivity contribution >= 4 is 17.7 Å². The summed E-state index contributed by atoms with van der Waals surface area (Å²) >= 11 is 1.65. The number of aliphatic hydroxyl groups excluding tert-OH is 1. The maximum Gasteiger partial charge on any atom is 0.233 e. The SMILES string of the molecule is COCC(O)CN1C(=O)CSC1C(C)C. The number of carbonyl (C=O) groups excluding carboxylic acids is 1. The van der Waals surface area contributed by atoms with Gasteiger partial charge in [-0.05, 0) is 5.92 Å². The lowest BCUT2D eigenvalue weighted by atomic mass is 10.2. The molecule has 0 aliphatic carbocycles. The minimum atomic E-state index is -0.584. The van der Waals surface area contributed by atoms with E-state index in [1.807, 2.05) is 0 Å². The molecule has 1 rings (SSSR count). The lowest BCUT2D eigenvalue weighted by molar-refractivity contribution is -0.130. The molecule has 0 aromatic carbocycles. The van der Waals surface area contributed by atoms with Gasteiger partial charge in [-0.1, -0.05) is 13.8 Å². The molecule has 1 aliphatic rings. The van der Waals surface area contributed by atoms with Crippen LogP contribution in [0.4, 0.5) is 0 Å². The molecule has 0 bridgehead atoms. The highest BCUT2D eigenvalue weighted by atomic mass is 32.2. The standard InChI is InChI=1S/C10H19NO3S/c1-7(2)10-11(9(13)6-15-10)4-8(12)5-14-3/h7-8,10,12H,4-6H2,1-3H3. The van der Waals surface area contributed by atoms with Crippen molar-refractivity contribution in [3.63, 3.8) is 0 Å². The van der Waals surface area contributed by atoms with E-state index < -0.39 is 6.10 Å². The Kier molecular flexibility index (Phi) is 4.89. The van der Waals surface area contributed by atoms with Gasteiger partial charge < -0.3 is 14.7 Å². The summed E-state index contributed by atoms with van der Waals surface area (Å²) in [7, 11) is 1.55. The van der Waals surface area contributed by atoms with Crippen LogP contribution >= 0.6 is 11.8 Å². The van der Waals surface area contributed by atoms with Gasteiger partial charge in [0.1, 0.15) is 0 Å². The Balaban J connectivity index is 2.52. The Bertz CT molecular complexity index is 223. The van der Waals surface area contributed by atoms with E-state index in [9.17, 15) is 9.90 Å². The highest BCUT2D eigenvalue weighted by Gasteiger charge is 2.34. The highest BCUT2D eigenvalue weighted by Crippen LogP contribution is 2.30. The van der Waals surface area contributed by atoms with Gasteiger partial charge in [0.15, 0.2) is 0 Å². The fourth-order valence-corrected chi connectivity index (χ4v) is 2.95. The quantitative estimate of drug-likeness (QED) is 0.753. The molecule has 2 atom stereocenters. The molecule has 1 aliphatic heterocycles. The van der Waals surface area contributed by atoms with Crippen LogP contribution in [0.15, 0.2) is 0 Å². The number of thioether (sulfide) groups is 1. The first kappa shape index (κ1) is 12.8. The molecular formula is C10H19NO3S. The number of amides is 1. The maximum atomic E-state index is 11.6. The van der Waals surface area contributed by atoms with Crippen LogP contribution in [0.2, 0.25) is 0 Å². The molecule has 0 saturated carbocycles. The number of aliphatic hydroxyl groups is 1. The largest absolute Gasteiger partial charge is 0.389 e. The summed E-state index contributed by atoms with van der Waals surface area (Å²) in [6, 6.07) is 0. The van der Waals surface area contributed by atoms with E-state index in [1.165, 1.54) is 0 Å². The second-order valence-corrected chi connectivity index (χ2v) is 5.21. The van der Waals surface area contributed by atoms with Gasteiger partial charge in [0.25, 0.3) is 0 Å². The number of hydrogen-bond acceptors (Lipinski definition) is 4. The topological polar surface area (TPSA) is 49.8 Å². The maximum absolute atomic E-state index is 11.6. The second-order valence-electron chi connectivity index (χ2n) is 4.10. The van der Waals surface area contributed by atoms with Gasteiger partial charge in [-0.15, -0.1) is 11.8 Å². The van der Waals surface area contributed by atoms with E-state index >= 15 is 0 Å². The van der Waals surface area contributed by atoms with Crippen molar-refractivity contribution in [1.82, 2.24) is 4.90 Å². The fourth-order valence-electron chi connectivity index (χ4n) is 1.70. The summed E-state index contributed by atoms with van der Waals surface area (Å²) in [5, 5.41) is 9.80. The zero-order valence-corrected chi connectivity index (χ0v) is 10.3. The smallest absolute Gasteiger partial charge is 0.233 e. The Morgan fingerprint density at radius 2 is 2.33 bits per heavy atom. The summed E-state index contributed by atoms with van der Waals surface area (Å²) in [6.45, 7) is 4.83. The van der Waals surface area contributed by atoms with Crippen LogP contribution in [-0.2, 0) is 9.53 Å². The molecule has 5 heteroatoms. The first-order valence-corrected chi connectivity index (χ1v) is 6.19. The van der Waals surface area contributed by atoms with Gasteiger partial charge in [-0.3, -0.25) is 4.79 Å². The third-order valence-corrected chi connectivity index (χ3v) is 3.90. The number of nitrogens with zero attached hydrogens (tertiary/aromatic N) is 1. The Morgan fingerprint density at radius 3 is 2.87 bits per heavy atom. The van der Waals surface area contributed by atoms with Crippen molar-refractivity contribution in [2.75, 3.05) is 26.0 Å². The average molecular weight is 233 g/mol. The molecule has 1 saturated heterocycles. The van der Waals surface area contributed by atoms with Crippen LogP contribution in [0.5, 0.6) is 0 Å². The molecule has 2 unspecified atom stereocenters. The lowest BCUT2D eigenvalue weighted by Crippen LogP contribution is -2.42. The van der Waals surface area contributed by atoms with Crippen molar-refractivity contribution in [2.24, 2.45) is 5.92 Å². The summed E-state index contributed by atoms with van der Waals surface area (Å²) in [6.07, 6.45) is -0.584. The Hall–Kier alpha value is -0.260. The van der Waals surface area contributed by atoms with Gasteiger partial charge in [0, 0.05) is 13.7 Å². The van der Waals surface area contributed by atoms with Crippen LogP contribution in [0.1, 0.15) is 13.8 Å². The number of ether oxygens (including phenoxy) is 1. The average Bonchev–Trinajstić information content (AvgIpc) is 2.48. The minimum absolute atomic E-state index is 0.119. The third-order valence-electron chi connectivity index (χ3n) is 2.34. The van der Waals surface area contributed by atoms with Crippen LogP contribution in [0.25, 0.3) is 0 Å². The molecule has 0 spiro atoms. The van der Waals surface area contributed by atoms with Crippen LogP contribution in [-0.4, -0.2) is 53.4 Å². The summed E-state index contributed by atoms with van der Waals surface area (Å²) in [5.74, 6) is 1.06. The predicted octanol–water partition coefficient (Wildman–Crippen LogP) is 0.551. The van der Waals surface area contributed by atoms with Crippen molar-refractivity contribution in [1.29, 1.82) is 0 Å². The number of hydrogen-bond donors (Lipinski definition) is 1. The molecule has 15 heavy (non-hydrogen) atoms. The molecule has 0 radical (unpaired) electrons. The molecule has 1 amide bonds. The molecule has 1 N–H and O–H groups in total. The van der Waals surface area contributed by atoms with Gasteiger partial charge >= 0.3 is 0 Å². The van der Waals surface area contributed by atoms with Crippen LogP contribution in [0.3, 0.4) is 0 Å². The van der Waals surface area contributed by atoms with Crippen molar-refractivity contribution in [3.05, 3.63) is 0 Å². The van der Waals surface area contributed by atoms with E-state index in [2.05, 4.69) is 13.8 Å². The monoisotopic (exact) mass is 233 g/mol. The number of rotatable bonds is 5. The van der Waals surface area contributed by atoms with Gasteiger partial charge in [0.05, 0.1) is 23.8 Å². The first-order chi connectivity index (χ1) is 7.06. The van der Waals surface area contributed by atoms with Crippen molar-refractivity contribution < 1.29 is 14.6 Å². The normalized spacial score (nSPS) is 23.9. The number of methoxy groups -OCH3 is 1. The van der Waals surface area contributed by atoms with E-state index in [1.54, 1.807) is 23.8 Å². The number of β-amino-alcohol motifs (C(OH)–C–C–N with tert-alkyl or cyclic N) is 1. The fraction of sp³-hybridized carbons (Fsp3) is 0.900. The molecule has 0 aromatic heterocycles. The minimum Gasteiger partial charge on any atom is -0.389 e. The molecular weight excluding hydrogens is 214 g/mol. The predicted molar refractivity (Wildman–Crippen MR) is 60.7 cm³/mol. The van der Waals surface area contributed by atoms with Gasteiger partial charge in [-0.2, -0.15) is 0 Å². The van der Waals surface area contributed by atoms with Gasteiger partial charge in [-0.25, -0.2) is 0 Å². The first-order valence-electron chi connectivity index (χ1n) is 5.14. The van der Waals surface area contributed by atoms with Crippen molar-refractivity contribution in [2.45, 2.75) is 25.3 Å². The Morgan fingerprint density at radius 1 is 1.67 bits per heavy atom. The van der Waals surface area contributed by atoms with E-state index in [4.69, 9.17) is 4.74 Å². The molecule has 1 heterocycles. The zero-order chi connectivity index (χ0) is 11.4. The van der Waals surface area contributed by atoms with Gasteiger partial charge in [0.2, 0.25) is 5.91 Å². The molecule has 0 aromatic rings. The molecule has 88 valence electrons. The van der Waals surface area contributed by atoms with Crippen molar-refractivity contribution in [3.8, 4) is 0 Å². The lowest BCUT2D eigenvalue weighted by Gasteiger charge is -2.28. The third kappa shape index (κ3) is 3.36. The second kappa shape index (κ2) is 5.72. The molecule has 1 fully saturated rings. The zero-order valence-electron chi connectivity index (χ0n) is 9.47. The van der Waals surface area contributed by atoms with E-state index in [0.717, 1.165) is 0 Å². The summed E-state index contributed by atoms with van der Waals surface area (Å²) in [4.78, 5) is 13.3. The summed E-state index contributed by atoms with van der Waals surface area (Å²) in [5.41, 5.74) is 0. The van der Waals surface area contributed by atoms with Crippen LogP contribution < -0.4 is 0 Å². The highest BCUT2D eigenvalue weighted by molar-refractivity contribution is 8.01.